The number of amides is 4. The van der Waals surface area contributed by atoms with Crippen molar-refractivity contribution in [2.75, 3.05) is 19.7 Å². The van der Waals surface area contributed by atoms with Crippen molar-refractivity contribution < 1.29 is 24.2 Å². The Morgan fingerprint density at radius 2 is 1.86 bits per heavy atom. The zero-order chi connectivity index (χ0) is 25.5. The molecule has 0 spiro atoms. The van der Waals surface area contributed by atoms with Crippen molar-refractivity contribution in [3.8, 4) is 5.75 Å². The Hall–Kier alpha value is -3.98. The fraction of sp³-hybridized carbons (Fsp3) is 0.333. The number of pyridine rings is 1. The molecule has 2 saturated heterocycles. The molecule has 3 heterocycles. The zero-order valence-corrected chi connectivity index (χ0v) is 20.2. The Kier molecular flexibility index (Phi) is 5.88. The van der Waals surface area contributed by atoms with E-state index >= 15 is 0 Å². The van der Waals surface area contributed by atoms with E-state index < -0.39 is 29.5 Å². The van der Waals surface area contributed by atoms with Gasteiger partial charge in [0.05, 0.1) is 24.1 Å². The number of fused-ring (bicyclic) bond motifs is 1. The molecule has 2 aliphatic rings. The number of hydrogen-bond acceptors (Lipinski definition) is 6. The SMILES string of the molecule is Cc1cc(COc2ccc(C3(C)CCN(CC4(CO)NC(=O)NC4=O)C3=O)cc2)c2ccccc2n1. The number of rotatable bonds is 7. The number of aryl methyl sites for hydroxylation is 1. The Labute approximate surface area is 208 Å². The Morgan fingerprint density at radius 1 is 1.11 bits per heavy atom. The topological polar surface area (TPSA) is 121 Å². The second-order valence-electron chi connectivity index (χ2n) is 9.71. The minimum absolute atomic E-state index is 0.0873. The van der Waals surface area contributed by atoms with Gasteiger partial charge in [-0.2, -0.15) is 0 Å². The second-order valence-corrected chi connectivity index (χ2v) is 9.71. The number of aromatic nitrogens is 1. The van der Waals surface area contributed by atoms with Gasteiger partial charge < -0.3 is 20.1 Å². The number of carbonyl (C=O) groups excluding carboxylic acids is 3. The van der Waals surface area contributed by atoms with Crippen LogP contribution in [0.2, 0.25) is 0 Å². The van der Waals surface area contributed by atoms with Crippen LogP contribution in [-0.4, -0.2) is 58.1 Å². The molecule has 2 fully saturated rings. The molecule has 9 heteroatoms. The van der Waals surface area contributed by atoms with Gasteiger partial charge in [0, 0.05) is 23.2 Å². The maximum Gasteiger partial charge on any atom is 0.322 e. The average Bonchev–Trinajstić information content (AvgIpc) is 3.32. The van der Waals surface area contributed by atoms with Crippen LogP contribution in [0.3, 0.4) is 0 Å². The summed E-state index contributed by atoms with van der Waals surface area (Å²) in [7, 11) is 0. The minimum atomic E-state index is -1.52. The molecule has 3 aromatic rings. The van der Waals surface area contributed by atoms with Gasteiger partial charge in [-0.05, 0) is 50.1 Å². The third-order valence-corrected chi connectivity index (χ3v) is 7.20. The number of hydrogen-bond donors (Lipinski definition) is 3. The lowest BCUT2D eigenvalue weighted by molar-refractivity contribution is -0.134. The smallest absolute Gasteiger partial charge is 0.322 e. The van der Waals surface area contributed by atoms with Crippen LogP contribution >= 0.6 is 0 Å². The largest absolute Gasteiger partial charge is 0.489 e. The number of urea groups is 1. The molecule has 2 aliphatic heterocycles. The van der Waals surface area contributed by atoms with Crippen LogP contribution < -0.4 is 15.4 Å². The number of aliphatic hydroxyl groups is 1. The highest BCUT2D eigenvalue weighted by Crippen LogP contribution is 2.37. The number of nitrogens with one attached hydrogen (secondary N) is 2. The molecule has 1 aromatic heterocycles. The standard InChI is InChI=1S/C27H28N4O5/c1-17-13-18(21-5-3-4-6-22(21)28-17)14-36-20-9-7-19(8-10-20)26(2)11-12-31(24(26)34)15-27(16-32)23(33)29-25(35)30-27/h3-10,13,32H,11-12,14-16H2,1-2H3,(H2,29,30,33,35). The molecule has 186 valence electrons. The number of ether oxygens (including phenoxy) is 1. The van der Waals surface area contributed by atoms with E-state index in [1.807, 2.05) is 68.4 Å². The van der Waals surface area contributed by atoms with Crippen molar-refractivity contribution in [1.29, 1.82) is 0 Å². The lowest BCUT2D eigenvalue weighted by Crippen LogP contribution is -2.58. The number of aliphatic hydroxyl groups excluding tert-OH is 1. The van der Waals surface area contributed by atoms with Crippen molar-refractivity contribution in [2.24, 2.45) is 0 Å². The number of imide groups is 1. The van der Waals surface area contributed by atoms with E-state index in [2.05, 4.69) is 15.6 Å². The monoisotopic (exact) mass is 488 g/mol. The molecule has 0 radical (unpaired) electrons. The molecule has 36 heavy (non-hydrogen) atoms. The normalized spacial score (nSPS) is 23.8. The first-order valence-corrected chi connectivity index (χ1v) is 11.9. The molecular weight excluding hydrogens is 460 g/mol. The molecule has 4 amide bonds. The Balaban J connectivity index is 1.29. The highest BCUT2D eigenvalue weighted by Gasteiger charge is 2.52. The first kappa shape index (κ1) is 23.7. The van der Waals surface area contributed by atoms with Crippen LogP contribution in [-0.2, 0) is 21.6 Å². The van der Waals surface area contributed by atoms with Crippen LogP contribution in [0, 0.1) is 6.92 Å². The first-order chi connectivity index (χ1) is 17.2. The van der Waals surface area contributed by atoms with E-state index in [0.29, 0.717) is 25.3 Å². The first-order valence-electron chi connectivity index (χ1n) is 11.9. The van der Waals surface area contributed by atoms with Crippen molar-refractivity contribution >= 4 is 28.7 Å². The number of carbonyl (C=O) groups is 3. The van der Waals surface area contributed by atoms with Gasteiger partial charge in [0.2, 0.25) is 5.91 Å². The van der Waals surface area contributed by atoms with Crippen molar-refractivity contribution in [3.05, 3.63) is 71.4 Å². The molecule has 2 aromatic carbocycles. The predicted molar refractivity (Wildman–Crippen MR) is 132 cm³/mol. The summed E-state index contributed by atoms with van der Waals surface area (Å²) in [6.07, 6.45) is 0.547. The number of likely N-dealkylation sites (tertiary alicyclic amines) is 1. The summed E-state index contributed by atoms with van der Waals surface area (Å²) in [5.74, 6) is -0.0977. The van der Waals surface area contributed by atoms with Crippen molar-refractivity contribution in [2.45, 2.75) is 37.8 Å². The van der Waals surface area contributed by atoms with Gasteiger partial charge in [-0.15, -0.1) is 0 Å². The van der Waals surface area contributed by atoms with Gasteiger partial charge in [-0.1, -0.05) is 30.3 Å². The van der Waals surface area contributed by atoms with E-state index in [-0.39, 0.29) is 12.5 Å². The molecule has 0 bridgehead atoms. The molecule has 3 N–H and O–H groups in total. The van der Waals surface area contributed by atoms with Crippen LogP contribution in [0.1, 0.15) is 30.2 Å². The molecule has 9 nitrogen and oxygen atoms in total. The van der Waals surface area contributed by atoms with E-state index in [0.717, 1.165) is 27.7 Å². The fourth-order valence-corrected chi connectivity index (χ4v) is 5.06. The van der Waals surface area contributed by atoms with Crippen LogP contribution in [0.5, 0.6) is 5.75 Å². The number of nitrogens with zero attached hydrogens (tertiary/aromatic N) is 2. The highest BCUT2D eigenvalue weighted by atomic mass is 16.5. The minimum Gasteiger partial charge on any atom is -0.489 e. The van der Waals surface area contributed by atoms with E-state index in [9.17, 15) is 19.5 Å². The zero-order valence-electron chi connectivity index (χ0n) is 20.2. The summed E-state index contributed by atoms with van der Waals surface area (Å²) < 4.78 is 6.06. The Morgan fingerprint density at radius 3 is 2.56 bits per heavy atom. The molecule has 0 aliphatic carbocycles. The van der Waals surface area contributed by atoms with Gasteiger partial charge in [-0.25, -0.2) is 4.79 Å². The molecule has 0 saturated carbocycles. The highest BCUT2D eigenvalue weighted by molar-refractivity contribution is 6.07. The predicted octanol–water partition coefficient (Wildman–Crippen LogP) is 2.18. The number of para-hydroxylation sites is 1. The van der Waals surface area contributed by atoms with Crippen molar-refractivity contribution in [3.63, 3.8) is 0 Å². The maximum atomic E-state index is 13.4. The average molecular weight is 489 g/mol. The quantitative estimate of drug-likeness (QED) is 0.439. The fourth-order valence-electron chi connectivity index (χ4n) is 5.06. The molecule has 2 unspecified atom stereocenters. The molecule has 5 rings (SSSR count). The van der Waals surface area contributed by atoms with Crippen LogP contribution in [0.4, 0.5) is 4.79 Å². The lowest BCUT2D eigenvalue weighted by atomic mass is 9.81. The summed E-state index contributed by atoms with van der Waals surface area (Å²) in [4.78, 5) is 43.3. The second kappa shape index (κ2) is 8.91. The van der Waals surface area contributed by atoms with Gasteiger partial charge in [0.25, 0.3) is 5.91 Å². The third kappa shape index (κ3) is 4.05. The van der Waals surface area contributed by atoms with E-state index in [4.69, 9.17) is 4.74 Å². The summed E-state index contributed by atoms with van der Waals surface area (Å²) in [6, 6.07) is 16.8. The van der Waals surface area contributed by atoms with Crippen molar-refractivity contribution in [1.82, 2.24) is 20.5 Å². The molecule has 2 atom stereocenters. The van der Waals surface area contributed by atoms with Gasteiger partial charge in [0.15, 0.2) is 5.54 Å². The van der Waals surface area contributed by atoms with E-state index in [1.165, 1.54) is 4.90 Å². The summed E-state index contributed by atoms with van der Waals surface area (Å²) in [5.41, 5.74) is 1.44. The van der Waals surface area contributed by atoms with Gasteiger partial charge in [0.1, 0.15) is 12.4 Å². The van der Waals surface area contributed by atoms with Gasteiger partial charge >= 0.3 is 6.03 Å². The van der Waals surface area contributed by atoms with Crippen LogP contribution in [0.15, 0.2) is 54.6 Å². The summed E-state index contributed by atoms with van der Waals surface area (Å²) >= 11 is 0. The summed E-state index contributed by atoms with van der Waals surface area (Å²) in [5, 5.41) is 15.5. The Bertz CT molecular complexity index is 1360. The summed E-state index contributed by atoms with van der Waals surface area (Å²) in [6.45, 7) is 3.95. The van der Waals surface area contributed by atoms with Crippen LogP contribution in [0.25, 0.3) is 10.9 Å². The van der Waals surface area contributed by atoms with E-state index in [1.54, 1.807) is 0 Å². The lowest BCUT2D eigenvalue weighted by Gasteiger charge is -2.30. The number of benzene rings is 2. The molecular formula is C27H28N4O5. The van der Waals surface area contributed by atoms with Gasteiger partial charge in [-0.3, -0.25) is 19.9 Å². The third-order valence-electron chi connectivity index (χ3n) is 7.20. The maximum absolute atomic E-state index is 13.4.